The Morgan fingerprint density at radius 2 is 0.833 bits per heavy atom. The van der Waals surface area contributed by atoms with Gasteiger partial charge in [-0.1, -0.05) is 53.4 Å². The molecule has 0 aromatic carbocycles. The molecule has 216 valence electrons. The lowest BCUT2D eigenvalue weighted by molar-refractivity contribution is -0.0317. The Morgan fingerprint density at radius 1 is 0.556 bits per heavy atom. The van der Waals surface area contributed by atoms with Crippen molar-refractivity contribution in [3.05, 3.63) is 0 Å². The van der Waals surface area contributed by atoms with E-state index in [1.165, 1.54) is 77.5 Å². The lowest BCUT2D eigenvalue weighted by atomic mass is 9.91. The summed E-state index contributed by atoms with van der Waals surface area (Å²) in [6.45, 7) is 14.0. The molecule has 2 rings (SSSR count). The van der Waals surface area contributed by atoms with Crippen molar-refractivity contribution in [3.8, 4) is 0 Å². The van der Waals surface area contributed by atoms with Crippen LogP contribution in [-0.2, 0) is 9.47 Å². The van der Waals surface area contributed by atoms with Gasteiger partial charge in [0.15, 0.2) is 0 Å². The molecule has 0 aromatic rings. The Morgan fingerprint density at radius 3 is 1.08 bits per heavy atom. The summed E-state index contributed by atoms with van der Waals surface area (Å²) in [7, 11) is 0. The molecule has 7 heteroatoms. The molecule has 0 N–H and O–H groups in total. The van der Waals surface area contributed by atoms with Gasteiger partial charge < -0.3 is 19.3 Å². The number of rotatable bonds is 16. The zero-order valence-electron chi connectivity index (χ0n) is 23.9. The summed E-state index contributed by atoms with van der Waals surface area (Å²) in [5, 5.41) is 0. The van der Waals surface area contributed by atoms with E-state index in [-0.39, 0.29) is 37.0 Å². The number of nitrogens with zero attached hydrogens (tertiary/aromatic N) is 2. The molecule has 0 saturated heterocycles. The molecule has 0 atom stereocenters. The Kier molecular flexibility index (Phi) is 21.5. The lowest BCUT2D eigenvalue weighted by Crippen LogP contribution is -2.42. The van der Waals surface area contributed by atoms with E-state index in [1.54, 1.807) is 0 Å². The van der Waals surface area contributed by atoms with Gasteiger partial charge in [0, 0.05) is 12.1 Å². The predicted octanol–water partition coefficient (Wildman–Crippen LogP) is 8.41. The molecular weight excluding hydrogens is 495 g/mol. The van der Waals surface area contributed by atoms with Crippen LogP contribution in [0.5, 0.6) is 0 Å². The highest BCUT2D eigenvalue weighted by molar-refractivity contribution is 5.85. The number of hydrogen-bond acceptors (Lipinski definition) is 5. The molecule has 0 bridgehead atoms. The van der Waals surface area contributed by atoms with Crippen molar-refractivity contribution < 1.29 is 14.3 Å². The standard InChI is InChI=1S/C29H56N2O3.2ClH/c1-5-9-21-30(22-10-6-2)25-13-17-27(18-14-25)33-29(32)34-28-19-15-26(16-20-28)31(23-11-7-3)24-12-8-4;;/h25-28H,5-24H2,1-4H3;2*1H. The fraction of sp³-hybridized carbons (Fsp3) is 0.966. The Hall–Kier alpha value is -0.230. The molecule has 0 unspecified atom stereocenters. The maximum absolute atomic E-state index is 12.5. The van der Waals surface area contributed by atoms with Crippen LogP contribution in [0.4, 0.5) is 4.79 Å². The first-order valence-electron chi connectivity index (χ1n) is 15.0. The third-order valence-corrected chi connectivity index (χ3v) is 8.04. The summed E-state index contributed by atoms with van der Waals surface area (Å²) in [6, 6.07) is 1.32. The van der Waals surface area contributed by atoms with Gasteiger partial charge in [-0.25, -0.2) is 4.79 Å². The van der Waals surface area contributed by atoms with Gasteiger partial charge in [0.2, 0.25) is 0 Å². The second-order valence-corrected chi connectivity index (χ2v) is 10.8. The van der Waals surface area contributed by atoms with Gasteiger partial charge in [-0.2, -0.15) is 0 Å². The molecule has 2 aliphatic carbocycles. The first-order chi connectivity index (χ1) is 16.6. The third kappa shape index (κ3) is 13.5. The monoisotopic (exact) mass is 552 g/mol. The van der Waals surface area contributed by atoms with E-state index < -0.39 is 6.16 Å². The summed E-state index contributed by atoms with van der Waals surface area (Å²) in [5.74, 6) is 0. The van der Waals surface area contributed by atoms with E-state index in [1.807, 2.05) is 0 Å². The van der Waals surface area contributed by atoms with Crippen molar-refractivity contribution in [3.63, 3.8) is 0 Å². The number of unbranched alkanes of at least 4 members (excludes halogenated alkanes) is 4. The van der Waals surface area contributed by atoms with Gasteiger partial charge in [0.1, 0.15) is 12.2 Å². The molecular formula is C29H58Cl2N2O3. The topological polar surface area (TPSA) is 42.0 Å². The molecule has 0 aliphatic heterocycles. The van der Waals surface area contributed by atoms with Crippen LogP contribution in [0.15, 0.2) is 0 Å². The number of halogens is 2. The molecule has 2 saturated carbocycles. The first kappa shape index (κ1) is 35.8. The van der Waals surface area contributed by atoms with E-state index in [4.69, 9.17) is 9.47 Å². The molecule has 0 heterocycles. The summed E-state index contributed by atoms with van der Waals surface area (Å²) >= 11 is 0. The Labute approximate surface area is 235 Å². The van der Waals surface area contributed by atoms with E-state index in [2.05, 4.69) is 37.5 Å². The van der Waals surface area contributed by atoms with E-state index in [0.29, 0.717) is 12.1 Å². The zero-order valence-corrected chi connectivity index (χ0v) is 25.5. The number of carbonyl (C=O) groups excluding carboxylic acids is 1. The van der Waals surface area contributed by atoms with Gasteiger partial charge in [0.05, 0.1) is 0 Å². The fourth-order valence-electron chi connectivity index (χ4n) is 5.76. The molecule has 0 amide bonds. The van der Waals surface area contributed by atoms with Gasteiger partial charge in [-0.15, -0.1) is 24.8 Å². The van der Waals surface area contributed by atoms with Gasteiger partial charge >= 0.3 is 6.16 Å². The maximum Gasteiger partial charge on any atom is 0.508 e. The van der Waals surface area contributed by atoms with Gasteiger partial charge in [-0.3, -0.25) is 0 Å². The predicted molar refractivity (Wildman–Crippen MR) is 157 cm³/mol. The highest BCUT2D eigenvalue weighted by Gasteiger charge is 2.31. The van der Waals surface area contributed by atoms with Crippen molar-refractivity contribution in [1.29, 1.82) is 0 Å². The second kappa shape index (κ2) is 21.7. The number of ether oxygens (including phenoxy) is 2. The number of hydrogen-bond donors (Lipinski definition) is 0. The fourth-order valence-corrected chi connectivity index (χ4v) is 5.76. The minimum Gasteiger partial charge on any atom is -0.431 e. The van der Waals surface area contributed by atoms with Crippen molar-refractivity contribution in [2.75, 3.05) is 26.2 Å². The molecule has 0 aromatic heterocycles. The molecule has 36 heavy (non-hydrogen) atoms. The Balaban J connectivity index is 0.00000612. The first-order valence-corrected chi connectivity index (χ1v) is 15.0. The highest BCUT2D eigenvalue weighted by Crippen LogP contribution is 2.29. The quantitative estimate of drug-likeness (QED) is 0.180. The smallest absolute Gasteiger partial charge is 0.431 e. The summed E-state index contributed by atoms with van der Waals surface area (Å²) < 4.78 is 11.5. The molecule has 5 nitrogen and oxygen atoms in total. The highest BCUT2D eigenvalue weighted by atomic mass is 35.5. The molecule has 0 radical (unpaired) electrons. The molecule has 2 fully saturated rings. The van der Waals surface area contributed by atoms with Crippen molar-refractivity contribution in [2.45, 2.75) is 155 Å². The molecule has 0 spiro atoms. The summed E-state index contributed by atoms with van der Waals surface area (Å²) in [6.07, 6.45) is 18.3. The minimum absolute atomic E-state index is 0. The van der Waals surface area contributed by atoms with E-state index >= 15 is 0 Å². The van der Waals surface area contributed by atoms with Crippen LogP contribution < -0.4 is 0 Å². The molecule has 2 aliphatic rings. The van der Waals surface area contributed by atoms with Crippen LogP contribution >= 0.6 is 24.8 Å². The van der Waals surface area contributed by atoms with Crippen LogP contribution in [0.25, 0.3) is 0 Å². The largest absolute Gasteiger partial charge is 0.508 e. The van der Waals surface area contributed by atoms with Crippen LogP contribution in [-0.4, -0.2) is 66.4 Å². The van der Waals surface area contributed by atoms with Crippen molar-refractivity contribution in [1.82, 2.24) is 9.80 Å². The third-order valence-electron chi connectivity index (χ3n) is 8.04. The lowest BCUT2D eigenvalue weighted by Gasteiger charge is -2.37. The van der Waals surface area contributed by atoms with Gasteiger partial charge in [0.25, 0.3) is 0 Å². The van der Waals surface area contributed by atoms with Crippen LogP contribution in [0.2, 0.25) is 0 Å². The normalized spacial score (nSPS) is 24.2. The SMILES string of the molecule is CCCCN(CCCC)C1CCC(OC(=O)OC2CCC(N(CCCC)CCCC)CC2)CC1.Cl.Cl. The maximum atomic E-state index is 12.5. The second-order valence-electron chi connectivity index (χ2n) is 10.8. The zero-order chi connectivity index (χ0) is 24.6. The minimum atomic E-state index is -0.422. The van der Waals surface area contributed by atoms with Crippen LogP contribution in [0.3, 0.4) is 0 Å². The summed E-state index contributed by atoms with van der Waals surface area (Å²) in [4.78, 5) is 17.9. The van der Waals surface area contributed by atoms with Crippen LogP contribution in [0, 0.1) is 0 Å². The average molecular weight is 554 g/mol. The van der Waals surface area contributed by atoms with Gasteiger partial charge in [-0.05, 0) is 103 Å². The number of carbonyl (C=O) groups is 1. The summed E-state index contributed by atoms with van der Waals surface area (Å²) in [5.41, 5.74) is 0. The van der Waals surface area contributed by atoms with E-state index in [0.717, 1.165) is 51.4 Å². The van der Waals surface area contributed by atoms with Crippen molar-refractivity contribution >= 4 is 31.0 Å². The van der Waals surface area contributed by atoms with E-state index in [9.17, 15) is 4.79 Å². The van der Waals surface area contributed by atoms with Crippen LogP contribution in [0.1, 0.15) is 130 Å². The average Bonchev–Trinajstić information content (AvgIpc) is 2.85. The van der Waals surface area contributed by atoms with Crippen molar-refractivity contribution in [2.24, 2.45) is 0 Å². The Bertz CT molecular complexity index is 465.